The molecule has 5 aromatic rings. The molecule has 0 unspecified atom stereocenters. The first-order valence-corrected chi connectivity index (χ1v) is 14.8. The second-order valence-electron chi connectivity index (χ2n) is 9.62. The summed E-state index contributed by atoms with van der Waals surface area (Å²) in [5, 5.41) is 3.56. The predicted octanol–water partition coefficient (Wildman–Crippen LogP) is 8.00. The fourth-order valence-corrected chi connectivity index (χ4v) is 4.73. The molecule has 5 rings (SSSR count). The molecule has 2 heterocycles. The van der Waals surface area contributed by atoms with Crippen molar-refractivity contribution >= 4 is 37.0 Å². The molecule has 0 aliphatic carbocycles. The van der Waals surface area contributed by atoms with Gasteiger partial charge in [0.1, 0.15) is 0 Å². The number of rotatable bonds is 2. The van der Waals surface area contributed by atoms with Crippen molar-refractivity contribution in [2.24, 2.45) is 5.41 Å². The van der Waals surface area contributed by atoms with Crippen LogP contribution in [0.1, 0.15) is 37.5 Å². The molecule has 2 nitrogen and oxygen atoms in total. The molecule has 0 spiro atoms. The molecular formula is C28H27ClN2Zn. The van der Waals surface area contributed by atoms with Crippen LogP contribution >= 0.6 is 9.69 Å². The molecule has 0 bridgehead atoms. The summed E-state index contributed by atoms with van der Waals surface area (Å²) in [6.07, 6.45) is 3.07. The van der Waals surface area contributed by atoms with E-state index in [1.165, 1.54) is 38.5 Å². The van der Waals surface area contributed by atoms with Gasteiger partial charge in [-0.25, -0.2) is 0 Å². The van der Waals surface area contributed by atoms with Gasteiger partial charge in [0.05, 0.1) is 11.3 Å². The number of aromatic nitrogens is 2. The van der Waals surface area contributed by atoms with Gasteiger partial charge in [-0.2, -0.15) is 0 Å². The van der Waals surface area contributed by atoms with E-state index < -0.39 is 0 Å². The Morgan fingerprint density at radius 2 is 1.69 bits per heavy atom. The number of pyridine rings is 1. The van der Waals surface area contributed by atoms with Crippen LogP contribution in [-0.4, -0.2) is 9.38 Å². The Kier molecular flexibility index (Phi) is 6.43. The van der Waals surface area contributed by atoms with Crippen molar-refractivity contribution in [2.45, 2.75) is 41.0 Å². The van der Waals surface area contributed by atoms with Gasteiger partial charge in [-0.1, -0.05) is 56.5 Å². The van der Waals surface area contributed by atoms with Crippen LogP contribution in [-0.2, 0) is 23.7 Å². The molecule has 0 fully saturated rings. The predicted molar refractivity (Wildman–Crippen MR) is 133 cm³/mol. The molecule has 0 atom stereocenters. The van der Waals surface area contributed by atoms with Crippen LogP contribution in [0.15, 0.2) is 60.8 Å². The van der Waals surface area contributed by atoms with Crippen molar-refractivity contribution in [2.75, 3.05) is 0 Å². The number of fused-ring (bicyclic) bond motifs is 6. The van der Waals surface area contributed by atoms with Gasteiger partial charge in [0.25, 0.3) is 0 Å². The van der Waals surface area contributed by atoms with E-state index in [2.05, 4.69) is 93.6 Å². The average molecular weight is 492 g/mol. The van der Waals surface area contributed by atoms with Crippen molar-refractivity contribution in [3.8, 4) is 11.3 Å². The molecule has 0 saturated carbocycles. The van der Waals surface area contributed by atoms with Crippen LogP contribution in [0, 0.1) is 25.3 Å². The van der Waals surface area contributed by atoms with Crippen molar-refractivity contribution in [3.05, 3.63) is 83.6 Å². The Morgan fingerprint density at radius 1 is 0.969 bits per heavy atom. The molecule has 0 amide bonds. The number of benzene rings is 3. The Morgan fingerprint density at radius 3 is 2.38 bits per heavy atom. The van der Waals surface area contributed by atoms with Gasteiger partial charge in [0.2, 0.25) is 0 Å². The molecule has 0 N–H and O–H groups in total. The standard InChI is InChI=1S/C28H27N2.ClH.Zn/c1-18-9-8-10-19(2)26(18)25-17-29-27-22-12-7-6-11-21(22)23-15-20(16-28(3,4)5)13-14-24(23)30(25)27;;/h6-11,13-15,17H,16H2,1-5H3;1H;/q-1;;+2/p-1. The van der Waals surface area contributed by atoms with Gasteiger partial charge in [-0.05, 0) is 53.8 Å². The molecule has 2 aromatic heterocycles. The summed E-state index contributed by atoms with van der Waals surface area (Å²) >= 11 is 0.847. The van der Waals surface area contributed by atoms with Crippen molar-refractivity contribution in [1.29, 1.82) is 0 Å². The van der Waals surface area contributed by atoms with E-state index in [1.54, 1.807) is 0 Å². The van der Waals surface area contributed by atoms with E-state index in [0.29, 0.717) is 0 Å². The third-order valence-electron chi connectivity index (χ3n) is 5.91. The minimum absolute atomic E-state index is 0.248. The van der Waals surface area contributed by atoms with Crippen LogP contribution in [0.4, 0.5) is 0 Å². The van der Waals surface area contributed by atoms with Crippen molar-refractivity contribution < 1.29 is 17.3 Å². The van der Waals surface area contributed by atoms with Crippen LogP contribution in [0.2, 0.25) is 0 Å². The zero-order chi connectivity index (χ0) is 23.0. The Balaban J connectivity index is 0.00000119. The zero-order valence-corrected chi connectivity index (χ0v) is 23.2. The number of hydrogen-bond acceptors (Lipinski definition) is 1. The van der Waals surface area contributed by atoms with Gasteiger partial charge in [-0.3, -0.25) is 4.98 Å². The van der Waals surface area contributed by atoms with Gasteiger partial charge in [0.15, 0.2) is 0 Å². The number of halogens is 1. The molecule has 0 radical (unpaired) electrons. The van der Waals surface area contributed by atoms with Gasteiger partial charge < -0.3 is 4.40 Å². The normalized spacial score (nSPS) is 11.8. The molecule has 3 aromatic carbocycles. The van der Waals surface area contributed by atoms with E-state index in [0.717, 1.165) is 40.5 Å². The summed E-state index contributed by atoms with van der Waals surface area (Å²) in [6.45, 7) is 11.2. The van der Waals surface area contributed by atoms with Crippen LogP contribution < -0.4 is 0 Å². The van der Waals surface area contributed by atoms with Crippen LogP contribution in [0.3, 0.4) is 0 Å². The summed E-state index contributed by atoms with van der Waals surface area (Å²) in [5.41, 5.74) is 8.74. The molecular weight excluding hydrogens is 465 g/mol. The average Bonchev–Trinajstić information content (AvgIpc) is 3.19. The topological polar surface area (TPSA) is 17.3 Å². The van der Waals surface area contributed by atoms with E-state index in [1.807, 2.05) is 12.3 Å². The maximum absolute atomic E-state index is 4.87. The quantitative estimate of drug-likeness (QED) is 0.139. The van der Waals surface area contributed by atoms with Crippen molar-refractivity contribution in [1.82, 2.24) is 9.38 Å². The first-order chi connectivity index (χ1) is 15.3. The second kappa shape index (κ2) is 8.96. The Labute approximate surface area is 204 Å². The summed E-state index contributed by atoms with van der Waals surface area (Å²) in [4.78, 5) is 4.87. The first kappa shape index (κ1) is 23.0. The Hall–Kier alpha value is -2.22. The summed E-state index contributed by atoms with van der Waals surface area (Å²) in [5.74, 6) is 0. The zero-order valence-electron chi connectivity index (χ0n) is 19.5. The maximum atomic E-state index is 4.87. The molecule has 4 heteroatoms. The van der Waals surface area contributed by atoms with E-state index >= 15 is 0 Å². The summed E-state index contributed by atoms with van der Waals surface area (Å²) in [7, 11) is 4.76. The molecule has 32 heavy (non-hydrogen) atoms. The number of hydrogen-bond donors (Lipinski definition) is 0. The molecule has 0 aliphatic rings. The Bertz CT molecular complexity index is 1410. The fraction of sp³-hybridized carbons (Fsp3) is 0.250. The fourth-order valence-electron chi connectivity index (χ4n) is 4.73. The van der Waals surface area contributed by atoms with E-state index in [-0.39, 0.29) is 5.41 Å². The van der Waals surface area contributed by atoms with E-state index in [9.17, 15) is 0 Å². The van der Waals surface area contributed by atoms with Crippen LogP contribution in [0.5, 0.6) is 0 Å². The molecule has 158 valence electrons. The third kappa shape index (κ3) is 4.09. The molecule has 0 saturated heterocycles. The summed E-state index contributed by atoms with van der Waals surface area (Å²) in [6, 6.07) is 23.1. The molecule has 0 aliphatic heterocycles. The van der Waals surface area contributed by atoms with Crippen molar-refractivity contribution in [3.63, 3.8) is 0 Å². The summed E-state index contributed by atoms with van der Waals surface area (Å²) < 4.78 is 2.32. The van der Waals surface area contributed by atoms with E-state index in [4.69, 9.17) is 14.7 Å². The van der Waals surface area contributed by atoms with Gasteiger partial charge in [-0.15, -0.1) is 29.7 Å². The van der Waals surface area contributed by atoms with Gasteiger partial charge >= 0.3 is 27.0 Å². The third-order valence-corrected chi connectivity index (χ3v) is 5.91. The SMILES string of the molecule is Cc1cccc(C)c1-c1cnc2c3[c-]cccc3c3cc(CC(C)(C)C)ccc3n12.[Cl][Zn+]. The first-order valence-electron chi connectivity index (χ1n) is 10.9. The number of imidazole rings is 1. The minimum atomic E-state index is 0.248. The number of aryl methyl sites for hydroxylation is 2. The van der Waals surface area contributed by atoms with Gasteiger partial charge in [0, 0.05) is 17.3 Å². The van der Waals surface area contributed by atoms with Crippen LogP contribution in [0.25, 0.3) is 38.6 Å². The second-order valence-corrected chi connectivity index (χ2v) is 9.62. The number of nitrogens with zero attached hydrogens (tertiary/aromatic N) is 2. The monoisotopic (exact) mass is 490 g/mol.